The Morgan fingerprint density at radius 2 is 1.92 bits per heavy atom. The molecular weight excluding hydrogens is 316 g/mol. The van der Waals surface area contributed by atoms with Crippen molar-refractivity contribution >= 4 is 17.4 Å². The van der Waals surface area contributed by atoms with Gasteiger partial charge in [-0.15, -0.1) is 0 Å². The third-order valence-corrected chi connectivity index (χ3v) is 5.14. The number of amides is 1. The molecule has 0 radical (unpaired) electrons. The van der Waals surface area contributed by atoms with E-state index in [-0.39, 0.29) is 18.0 Å². The van der Waals surface area contributed by atoms with E-state index in [2.05, 4.69) is 11.1 Å². The lowest BCUT2D eigenvalue weighted by Crippen LogP contribution is -2.45. The minimum absolute atomic E-state index is 0.103. The van der Waals surface area contributed by atoms with Gasteiger partial charge in [-0.1, -0.05) is 30.3 Å². The standard InChI is InChI=1S/C20H18N2O3/c23-19(13-5-2-1-3-6-13)22-17-9-8-15(14-7-4-10-21-12-14)18(22)11-16(17)20(24)25/h1-8,10,12,16-18H,9,11H2,(H,24,25). The molecule has 0 aliphatic carbocycles. The zero-order valence-electron chi connectivity index (χ0n) is 13.6. The Morgan fingerprint density at radius 3 is 2.60 bits per heavy atom. The Labute approximate surface area is 145 Å². The molecule has 1 aromatic heterocycles. The number of pyridine rings is 1. The molecule has 25 heavy (non-hydrogen) atoms. The molecule has 1 N–H and O–H groups in total. The van der Waals surface area contributed by atoms with Gasteiger partial charge in [0, 0.05) is 24.0 Å². The number of nitrogens with zero attached hydrogens (tertiary/aromatic N) is 2. The molecule has 126 valence electrons. The summed E-state index contributed by atoms with van der Waals surface area (Å²) in [7, 11) is 0. The fourth-order valence-electron chi connectivity index (χ4n) is 4.01. The highest BCUT2D eigenvalue weighted by molar-refractivity contribution is 5.97. The number of carboxylic acid groups (broad SMARTS) is 1. The number of carbonyl (C=O) groups excluding carboxylic acids is 1. The van der Waals surface area contributed by atoms with E-state index in [0.29, 0.717) is 18.4 Å². The Kier molecular flexibility index (Phi) is 3.84. The van der Waals surface area contributed by atoms with Crippen LogP contribution in [-0.4, -0.2) is 39.0 Å². The number of carboxylic acids is 1. The van der Waals surface area contributed by atoms with Crippen molar-refractivity contribution in [1.29, 1.82) is 0 Å². The van der Waals surface area contributed by atoms with Gasteiger partial charge in [-0.25, -0.2) is 0 Å². The summed E-state index contributed by atoms with van der Waals surface area (Å²) < 4.78 is 0. The third-order valence-electron chi connectivity index (χ3n) is 5.14. The summed E-state index contributed by atoms with van der Waals surface area (Å²) in [5, 5.41) is 9.61. The fraction of sp³-hybridized carbons (Fsp3) is 0.250. The molecule has 1 fully saturated rings. The Bertz CT molecular complexity index is 833. The normalized spacial score (nSPS) is 24.7. The average molecular weight is 334 g/mol. The van der Waals surface area contributed by atoms with Crippen LogP contribution < -0.4 is 0 Å². The topological polar surface area (TPSA) is 70.5 Å². The van der Waals surface area contributed by atoms with Gasteiger partial charge in [-0.3, -0.25) is 14.6 Å². The number of hydrogen-bond donors (Lipinski definition) is 1. The van der Waals surface area contributed by atoms with Gasteiger partial charge in [0.15, 0.2) is 0 Å². The third kappa shape index (κ3) is 2.61. The van der Waals surface area contributed by atoms with Gasteiger partial charge >= 0.3 is 5.97 Å². The molecule has 2 aliphatic rings. The minimum atomic E-state index is -0.834. The number of aromatic nitrogens is 1. The minimum Gasteiger partial charge on any atom is -0.481 e. The fourth-order valence-corrected chi connectivity index (χ4v) is 4.01. The summed E-state index contributed by atoms with van der Waals surface area (Å²) in [4.78, 5) is 30.8. The molecule has 2 bridgehead atoms. The first kappa shape index (κ1) is 15.6. The quantitative estimate of drug-likeness (QED) is 0.937. The molecule has 3 unspecified atom stereocenters. The van der Waals surface area contributed by atoms with Crippen LogP contribution in [0.2, 0.25) is 0 Å². The van der Waals surface area contributed by atoms with E-state index >= 15 is 0 Å². The zero-order valence-corrected chi connectivity index (χ0v) is 13.6. The summed E-state index contributed by atoms with van der Waals surface area (Å²) >= 11 is 0. The van der Waals surface area contributed by atoms with E-state index in [9.17, 15) is 14.7 Å². The molecule has 5 heteroatoms. The smallest absolute Gasteiger partial charge is 0.308 e. The van der Waals surface area contributed by atoms with Crippen molar-refractivity contribution in [2.75, 3.05) is 0 Å². The lowest BCUT2D eigenvalue weighted by Gasteiger charge is -2.35. The van der Waals surface area contributed by atoms with E-state index in [4.69, 9.17) is 0 Å². The van der Waals surface area contributed by atoms with Gasteiger partial charge in [0.1, 0.15) is 0 Å². The largest absolute Gasteiger partial charge is 0.481 e. The number of fused-ring (bicyclic) bond motifs is 2. The van der Waals surface area contributed by atoms with Crippen molar-refractivity contribution in [3.05, 3.63) is 72.1 Å². The van der Waals surface area contributed by atoms with E-state index in [0.717, 1.165) is 11.1 Å². The molecule has 1 amide bonds. The van der Waals surface area contributed by atoms with E-state index < -0.39 is 11.9 Å². The highest BCUT2D eigenvalue weighted by Crippen LogP contribution is 2.44. The lowest BCUT2D eigenvalue weighted by molar-refractivity contribution is -0.142. The van der Waals surface area contributed by atoms with Crippen LogP contribution in [0.5, 0.6) is 0 Å². The molecule has 2 aliphatic heterocycles. The average Bonchev–Trinajstić information content (AvgIpc) is 2.92. The highest BCUT2D eigenvalue weighted by atomic mass is 16.4. The zero-order chi connectivity index (χ0) is 17.4. The molecular formula is C20H18N2O3. The summed E-state index contributed by atoms with van der Waals surface area (Å²) in [5.41, 5.74) is 2.54. The van der Waals surface area contributed by atoms with Crippen LogP contribution in [0.25, 0.3) is 5.57 Å². The van der Waals surface area contributed by atoms with Crippen LogP contribution in [0.4, 0.5) is 0 Å². The number of aliphatic carboxylic acids is 1. The van der Waals surface area contributed by atoms with E-state index in [1.54, 1.807) is 29.4 Å². The molecule has 2 aromatic rings. The predicted octanol–water partition coefficient (Wildman–Crippen LogP) is 2.85. The second-order valence-electron chi connectivity index (χ2n) is 6.48. The van der Waals surface area contributed by atoms with Gasteiger partial charge in [0.05, 0.1) is 12.0 Å². The number of benzene rings is 1. The molecule has 5 nitrogen and oxygen atoms in total. The molecule has 4 rings (SSSR count). The summed E-state index contributed by atoms with van der Waals surface area (Å²) in [6, 6.07) is 12.4. The monoisotopic (exact) mass is 334 g/mol. The van der Waals surface area contributed by atoms with Crippen molar-refractivity contribution in [2.45, 2.75) is 24.9 Å². The maximum Gasteiger partial charge on any atom is 0.308 e. The van der Waals surface area contributed by atoms with E-state index in [1.165, 1.54) is 0 Å². The first-order valence-corrected chi connectivity index (χ1v) is 8.38. The molecule has 0 saturated carbocycles. The van der Waals surface area contributed by atoms with Crippen molar-refractivity contribution in [1.82, 2.24) is 9.88 Å². The van der Waals surface area contributed by atoms with Crippen LogP contribution in [-0.2, 0) is 4.79 Å². The van der Waals surface area contributed by atoms with Gasteiger partial charge in [0.2, 0.25) is 0 Å². The van der Waals surface area contributed by atoms with Crippen molar-refractivity contribution < 1.29 is 14.7 Å². The van der Waals surface area contributed by atoms with Gasteiger partial charge < -0.3 is 10.0 Å². The molecule has 3 heterocycles. The van der Waals surface area contributed by atoms with Crippen LogP contribution in [0.3, 0.4) is 0 Å². The Balaban J connectivity index is 1.74. The van der Waals surface area contributed by atoms with E-state index in [1.807, 2.05) is 30.3 Å². The summed E-state index contributed by atoms with van der Waals surface area (Å²) in [5.74, 6) is -1.48. The lowest BCUT2D eigenvalue weighted by atomic mass is 9.94. The van der Waals surface area contributed by atoms with Gasteiger partial charge in [-0.05, 0) is 42.2 Å². The molecule has 3 atom stereocenters. The van der Waals surface area contributed by atoms with Crippen LogP contribution in [0.1, 0.15) is 28.8 Å². The van der Waals surface area contributed by atoms with Gasteiger partial charge in [0.25, 0.3) is 5.91 Å². The molecule has 0 spiro atoms. The predicted molar refractivity (Wildman–Crippen MR) is 92.8 cm³/mol. The SMILES string of the molecule is O=C(O)C1CC2C(c3cccnc3)=CCC1N2C(=O)c1ccccc1. The van der Waals surface area contributed by atoms with Crippen molar-refractivity contribution in [3.63, 3.8) is 0 Å². The van der Waals surface area contributed by atoms with Crippen LogP contribution in [0.15, 0.2) is 60.9 Å². The Morgan fingerprint density at radius 1 is 1.12 bits per heavy atom. The summed E-state index contributed by atoms with van der Waals surface area (Å²) in [6.07, 6.45) is 6.54. The van der Waals surface area contributed by atoms with Crippen LogP contribution in [0, 0.1) is 5.92 Å². The second-order valence-corrected chi connectivity index (χ2v) is 6.48. The van der Waals surface area contributed by atoms with Crippen molar-refractivity contribution in [2.24, 2.45) is 5.92 Å². The van der Waals surface area contributed by atoms with Crippen molar-refractivity contribution in [3.8, 4) is 0 Å². The van der Waals surface area contributed by atoms with Crippen LogP contribution >= 0.6 is 0 Å². The summed E-state index contributed by atoms with van der Waals surface area (Å²) in [6.45, 7) is 0. The first-order valence-electron chi connectivity index (χ1n) is 8.38. The number of hydrogen-bond acceptors (Lipinski definition) is 3. The van der Waals surface area contributed by atoms with Gasteiger partial charge in [-0.2, -0.15) is 0 Å². The molecule has 1 aromatic carbocycles. The number of rotatable bonds is 3. The number of carbonyl (C=O) groups is 2. The first-order chi connectivity index (χ1) is 12.2. The Hall–Kier alpha value is -2.95. The second kappa shape index (κ2) is 6.16. The highest BCUT2D eigenvalue weighted by Gasteiger charge is 2.50. The maximum atomic E-state index is 13.1. The maximum absolute atomic E-state index is 13.1. The molecule has 1 saturated heterocycles.